The highest BCUT2D eigenvalue weighted by Crippen LogP contribution is 2.33. The van der Waals surface area contributed by atoms with Crippen molar-refractivity contribution in [3.05, 3.63) is 34.6 Å². The summed E-state index contributed by atoms with van der Waals surface area (Å²) in [5, 5.41) is 7.89. The molecule has 0 aliphatic carbocycles. The molecule has 0 amide bonds. The molecule has 5 nitrogen and oxygen atoms in total. The van der Waals surface area contributed by atoms with Crippen LogP contribution in [0.15, 0.2) is 12.1 Å². The van der Waals surface area contributed by atoms with E-state index in [1.807, 2.05) is 44.5 Å². The van der Waals surface area contributed by atoms with Crippen LogP contribution in [0.5, 0.6) is 0 Å². The van der Waals surface area contributed by atoms with Crippen molar-refractivity contribution in [2.75, 3.05) is 20.2 Å². The minimum atomic E-state index is -0.264. The molecule has 2 aromatic rings. The Hall–Kier alpha value is -1.88. The average Bonchev–Trinajstić information content (AvgIpc) is 2.83. The van der Waals surface area contributed by atoms with Crippen LogP contribution in [0.3, 0.4) is 0 Å². The maximum atomic E-state index is 12.5. The number of aromatic nitrogens is 2. The van der Waals surface area contributed by atoms with Gasteiger partial charge in [-0.25, -0.2) is 9.31 Å². The second kappa shape index (κ2) is 7.79. The number of ether oxygens (including phenoxy) is 1. The third-order valence-electron chi connectivity index (χ3n) is 4.83. The van der Waals surface area contributed by atoms with Gasteiger partial charge in [-0.3, -0.25) is 0 Å². The zero-order chi connectivity index (χ0) is 17.9. The number of nitrogens with zero attached hydrogens (tertiary/aromatic N) is 2. The van der Waals surface area contributed by atoms with E-state index in [4.69, 9.17) is 4.74 Å². The van der Waals surface area contributed by atoms with Gasteiger partial charge in [0.25, 0.3) is 0 Å². The predicted octanol–water partition coefficient (Wildman–Crippen LogP) is 3.48. The number of carbonyl (C=O) groups excluding carboxylic acids is 1. The fourth-order valence-electron chi connectivity index (χ4n) is 3.25. The van der Waals surface area contributed by atoms with Gasteiger partial charge >= 0.3 is 5.97 Å². The summed E-state index contributed by atoms with van der Waals surface area (Å²) in [4.78, 5) is 12.5. The first-order valence-electron chi connectivity index (χ1n) is 8.72. The molecule has 1 N–H and O–H groups in total. The monoisotopic (exact) mass is 331 g/mol. The van der Waals surface area contributed by atoms with E-state index in [0.29, 0.717) is 24.0 Å². The van der Waals surface area contributed by atoms with Crippen LogP contribution in [0.4, 0.5) is 0 Å². The number of carbonyl (C=O) groups is 1. The van der Waals surface area contributed by atoms with Gasteiger partial charge in [-0.2, -0.15) is 5.10 Å². The molecular weight excluding hydrogens is 302 g/mol. The number of hydrogen-bond acceptors (Lipinski definition) is 4. The summed E-state index contributed by atoms with van der Waals surface area (Å²) in [7, 11) is 1.97. The lowest BCUT2D eigenvalue weighted by atomic mass is 9.88. The number of hydrogen-bond donors (Lipinski definition) is 1. The highest BCUT2D eigenvalue weighted by Gasteiger charge is 2.27. The van der Waals surface area contributed by atoms with Crippen molar-refractivity contribution >= 4 is 11.5 Å². The van der Waals surface area contributed by atoms with Crippen molar-refractivity contribution in [2.24, 2.45) is 5.92 Å². The van der Waals surface area contributed by atoms with Gasteiger partial charge in [0.05, 0.1) is 23.4 Å². The van der Waals surface area contributed by atoms with Crippen LogP contribution >= 0.6 is 0 Å². The van der Waals surface area contributed by atoms with Gasteiger partial charge in [0, 0.05) is 11.6 Å². The number of aryl methyl sites for hydroxylation is 1. The normalized spacial score (nSPS) is 13.9. The molecular formula is C19H29N3O2. The Kier molecular flexibility index (Phi) is 5.99. The summed E-state index contributed by atoms with van der Waals surface area (Å²) < 4.78 is 7.22. The summed E-state index contributed by atoms with van der Waals surface area (Å²) in [5.41, 5.74) is 4.51. The van der Waals surface area contributed by atoms with Gasteiger partial charge in [-0.05, 0) is 64.4 Å². The molecule has 2 aromatic heterocycles. The van der Waals surface area contributed by atoms with Crippen molar-refractivity contribution < 1.29 is 9.53 Å². The number of nitrogens with one attached hydrogen (secondary N) is 1. The molecule has 2 rings (SSSR count). The van der Waals surface area contributed by atoms with Crippen LogP contribution in [0.25, 0.3) is 5.52 Å². The molecule has 0 aromatic carbocycles. The molecule has 0 spiro atoms. The Morgan fingerprint density at radius 1 is 1.33 bits per heavy atom. The quantitative estimate of drug-likeness (QED) is 0.789. The smallest absolute Gasteiger partial charge is 0.340 e. The summed E-state index contributed by atoms with van der Waals surface area (Å²) in [6.45, 7) is 11.6. The van der Waals surface area contributed by atoms with Crippen LogP contribution in [0.2, 0.25) is 0 Å². The predicted molar refractivity (Wildman–Crippen MR) is 96.7 cm³/mol. The Labute approximate surface area is 144 Å². The second-order valence-electron chi connectivity index (χ2n) is 6.54. The first-order chi connectivity index (χ1) is 11.4. The summed E-state index contributed by atoms with van der Waals surface area (Å²) >= 11 is 0. The lowest BCUT2D eigenvalue weighted by Crippen LogP contribution is -2.17. The van der Waals surface area contributed by atoms with Gasteiger partial charge in [0.15, 0.2) is 0 Å². The van der Waals surface area contributed by atoms with Gasteiger partial charge < -0.3 is 10.1 Å². The minimum absolute atomic E-state index is 0.264. The van der Waals surface area contributed by atoms with Crippen molar-refractivity contribution in [2.45, 2.75) is 47.0 Å². The molecule has 0 saturated carbocycles. The highest BCUT2D eigenvalue weighted by atomic mass is 16.5. The third-order valence-corrected chi connectivity index (χ3v) is 4.83. The molecule has 0 bridgehead atoms. The fraction of sp³-hybridized carbons (Fsp3) is 0.579. The van der Waals surface area contributed by atoms with E-state index in [1.54, 1.807) is 0 Å². The van der Waals surface area contributed by atoms with E-state index in [2.05, 4.69) is 24.3 Å². The Morgan fingerprint density at radius 3 is 2.67 bits per heavy atom. The molecule has 2 unspecified atom stereocenters. The molecule has 0 aliphatic heterocycles. The van der Waals surface area contributed by atoms with E-state index >= 15 is 0 Å². The number of fused-ring (bicyclic) bond motifs is 1. The van der Waals surface area contributed by atoms with Gasteiger partial charge in [-0.1, -0.05) is 13.8 Å². The maximum absolute atomic E-state index is 12.5. The van der Waals surface area contributed by atoms with Crippen molar-refractivity contribution in [3.8, 4) is 0 Å². The minimum Gasteiger partial charge on any atom is -0.462 e. The van der Waals surface area contributed by atoms with Gasteiger partial charge in [-0.15, -0.1) is 0 Å². The number of esters is 1. The molecule has 0 saturated heterocycles. The highest BCUT2D eigenvalue weighted by molar-refractivity contribution is 5.99. The van der Waals surface area contributed by atoms with Gasteiger partial charge in [0.2, 0.25) is 0 Å². The molecule has 24 heavy (non-hydrogen) atoms. The molecule has 0 aliphatic rings. The first-order valence-corrected chi connectivity index (χ1v) is 8.72. The molecule has 132 valence electrons. The summed E-state index contributed by atoms with van der Waals surface area (Å²) in [5.74, 6) is 0.509. The number of rotatable bonds is 7. The van der Waals surface area contributed by atoms with Crippen LogP contribution < -0.4 is 5.32 Å². The molecule has 0 radical (unpaired) electrons. The zero-order valence-corrected chi connectivity index (χ0v) is 15.6. The average molecular weight is 331 g/mol. The maximum Gasteiger partial charge on any atom is 0.340 e. The second-order valence-corrected chi connectivity index (χ2v) is 6.54. The van der Waals surface area contributed by atoms with Crippen molar-refractivity contribution in [3.63, 3.8) is 0 Å². The van der Waals surface area contributed by atoms with Crippen LogP contribution in [0.1, 0.15) is 60.4 Å². The largest absolute Gasteiger partial charge is 0.462 e. The van der Waals surface area contributed by atoms with Crippen LogP contribution in [-0.2, 0) is 4.74 Å². The van der Waals surface area contributed by atoms with E-state index in [9.17, 15) is 4.79 Å². The third kappa shape index (κ3) is 3.46. The Morgan fingerprint density at radius 2 is 2.04 bits per heavy atom. The van der Waals surface area contributed by atoms with Crippen LogP contribution in [0, 0.1) is 19.8 Å². The summed E-state index contributed by atoms with van der Waals surface area (Å²) in [6.07, 6.45) is 1.07. The Balaban J connectivity index is 2.58. The summed E-state index contributed by atoms with van der Waals surface area (Å²) in [6, 6.07) is 3.91. The SMILES string of the molecule is CCOC(=O)c1c(C)c(C(C)C(C)CCNC)n2nc(C)ccc12. The van der Waals surface area contributed by atoms with Crippen LogP contribution in [-0.4, -0.2) is 35.8 Å². The topological polar surface area (TPSA) is 55.6 Å². The lowest BCUT2D eigenvalue weighted by Gasteiger charge is -2.21. The standard InChI is InChI=1S/C19H29N3O2/c1-7-24-19(23)17-15(5)18(14(4)12(2)10-11-20-6)22-16(17)9-8-13(3)21-22/h8-9,12,14,20H,7,10-11H2,1-6H3. The van der Waals surface area contributed by atoms with E-state index < -0.39 is 0 Å². The molecule has 0 fully saturated rings. The molecule has 5 heteroatoms. The zero-order valence-electron chi connectivity index (χ0n) is 15.6. The van der Waals surface area contributed by atoms with Gasteiger partial charge in [0.1, 0.15) is 0 Å². The van der Waals surface area contributed by atoms with E-state index in [1.165, 1.54) is 0 Å². The lowest BCUT2D eigenvalue weighted by molar-refractivity contribution is 0.0528. The van der Waals surface area contributed by atoms with Crippen molar-refractivity contribution in [1.29, 1.82) is 0 Å². The van der Waals surface area contributed by atoms with E-state index in [0.717, 1.165) is 35.4 Å². The first kappa shape index (κ1) is 18.5. The fourth-order valence-corrected chi connectivity index (χ4v) is 3.25. The van der Waals surface area contributed by atoms with Crippen molar-refractivity contribution in [1.82, 2.24) is 14.9 Å². The molecule has 2 atom stereocenters. The van der Waals surface area contributed by atoms with E-state index in [-0.39, 0.29) is 5.97 Å². The molecule has 2 heterocycles. The Bertz CT molecular complexity index is 721.